The van der Waals surface area contributed by atoms with E-state index < -0.39 is 32.4 Å². The molecule has 0 fully saturated rings. The first-order valence-electron chi connectivity index (χ1n) is 23.3. The van der Waals surface area contributed by atoms with Crippen molar-refractivity contribution in [2.45, 2.75) is 99.1 Å². The van der Waals surface area contributed by atoms with Crippen molar-refractivity contribution in [3.8, 4) is 0 Å². The number of nitrogens with zero attached hydrogens (tertiary/aromatic N) is 5. The Bertz CT molecular complexity index is 2440. The Morgan fingerprint density at radius 2 is 1.58 bits per heavy atom. The van der Waals surface area contributed by atoms with Gasteiger partial charge in [-0.25, -0.2) is 9.69 Å². The van der Waals surface area contributed by atoms with Crippen molar-refractivity contribution in [1.29, 1.82) is 0 Å². The molecule has 5 rings (SSSR count). The van der Waals surface area contributed by atoms with Gasteiger partial charge in [0.05, 0.1) is 62.2 Å². The molecule has 2 aliphatic rings. The number of carbonyl (C=O) groups excluding carboxylic acids is 4. The summed E-state index contributed by atoms with van der Waals surface area (Å²) in [5.41, 5.74) is 5.15. The van der Waals surface area contributed by atoms with Crippen LogP contribution in [0.25, 0.3) is 6.08 Å². The van der Waals surface area contributed by atoms with Crippen LogP contribution in [0.3, 0.4) is 0 Å². The third kappa shape index (κ3) is 24.6. The molecule has 0 saturated heterocycles. The van der Waals surface area contributed by atoms with Crippen molar-refractivity contribution < 1.29 is 52.9 Å². The lowest BCUT2D eigenvalue weighted by molar-refractivity contribution is -0.193. The van der Waals surface area contributed by atoms with E-state index in [0.717, 1.165) is 42.6 Å². The number of halogens is 4. The number of rotatable bonds is 17. The first kappa shape index (κ1) is 67.7. The van der Waals surface area contributed by atoms with E-state index in [0.29, 0.717) is 69.7 Å². The summed E-state index contributed by atoms with van der Waals surface area (Å²) in [5, 5.41) is 16.5. The van der Waals surface area contributed by atoms with Gasteiger partial charge in [0.15, 0.2) is 0 Å². The number of amides is 3. The summed E-state index contributed by atoms with van der Waals surface area (Å²) in [6, 6.07) is 10.8. The summed E-state index contributed by atoms with van der Waals surface area (Å²) < 4.78 is 20.0. The van der Waals surface area contributed by atoms with Gasteiger partial charge in [-0.05, 0) is 144 Å². The van der Waals surface area contributed by atoms with Crippen LogP contribution >= 0.6 is 54.0 Å². The number of hydrogen-bond acceptors (Lipinski definition) is 15. The summed E-state index contributed by atoms with van der Waals surface area (Å²) in [4.78, 5) is 92.0. The first-order valence-corrected chi connectivity index (χ1v) is 29.2. The lowest BCUT2D eigenvalue weighted by Crippen LogP contribution is -2.43. The average molecular weight is 1150 g/mol. The highest BCUT2D eigenvalue weighted by Crippen LogP contribution is 2.37. The van der Waals surface area contributed by atoms with Crippen molar-refractivity contribution in [2.24, 2.45) is 0 Å². The predicted octanol–water partition coefficient (Wildman–Crippen LogP) is 8.22. The monoisotopic (exact) mass is 1150 g/mol. The molecule has 19 nitrogen and oxygen atoms in total. The summed E-state index contributed by atoms with van der Waals surface area (Å²) in [7, 11) is -2.07. The number of alkyl halides is 1. The van der Waals surface area contributed by atoms with E-state index in [2.05, 4.69) is 57.3 Å². The van der Waals surface area contributed by atoms with Gasteiger partial charge in [0, 0.05) is 35.4 Å². The van der Waals surface area contributed by atoms with Crippen molar-refractivity contribution in [3.05, 3.63) is 79.6 Å². The second-order valence-electron chi connectivity index (χ2n) is 17.7. The molecule has 2 atom stereocenters. The maximum Gasteiger partial charge on any atom is 0.349 e. The summed E-state index contributed by atoms with van der Waals surface area (Å²) in [6.45, 7) is 16.7. The Morgan fingerprint density at radius 1 is 1.00 bits per heavy atom. The average Bonchev–Trinajstić information content (AvgIpc) is 3.55. The molecular weight excluding hydrogens is 1080 g/mol. The number of carboxylic acid groups (broad SMARTS) is 1. The maximum atomic E-state index is 12.7. The van der Waals surface area contributed by atoms with Crippen LogP contribution in [0.1, 0.15) is 90.8 Å². The van der Waals surface area contributed by atoms with E-state index in [-0.39, 0.29) is 52.1 Å². The van der Waals surface area contributed by atoms with Gasteiger partial charge >= 0.3 is 11.9 Å². The van der Waals surface area contributed by atoms with E-state index in [4.69, 9.17) is 65.9 Å². The number of para-hydroxylation sites is 1. The number of methoxy groups -OCH3 is 1. The lowest BCUT2D eigenvalue weighted by atomic mass is 9.93. The van der Waals surface area contributed by atoms with Gasteiger partial charge in [-0.15, -0.1) is 11.6 Å². The number of nitrogens with one attached hydrogen (secondary N) is 3. The van der Waals surface area contributed by atoms with E-state index in [1.165, 1.54) is 11.0 Å². The fourth-order valence-corrected chi connectivity index (χ4v) is 7.78. The minimum atomic E-state index is -4.35. The predicted molar refractivity (Wildman–Crippen MR) is 298 cm³/mol. The number of anilines is 4. The standard InChI is InChI=1S/C19H17Cl2NO4.C15H22ClNO2.C9H16ClN5.C3H8NO5P.C3H9S/c1-2-26-19(25)16(21)10-11-9-12(7-8-15(11)20)22-17(23)13-5-3-4-6-14(13)18(22)24;1-5-13-8-6-7-11(2)15(13)17(14(18)9-16)12(3)10-19-4;1-5-11-7-12-6(10)13-8(14-7)15-9(2,3)4;5-3(6)1-4-2-10(7,8)9;1-4(2)3/h7-10H,2-6H2,1H3;6-8,12H,5,9-10H2,1-4H3;5H2,1-4H3,(H2,11,12,13,14,15);4H,1-2H2,(H,5,6)(H2,7,8,9);1-3H3/q;;;;+1/p-1/b16-10-;;;;. The molecule has 1 aliphatic carbocycles. The topological polar surface area (TPSA) is 266 Å². The number of aryl methyl sites for hydroxylation is 2. The molecule has 5 N–H and O–H groups in total. The van der Waals surface area contributed by atoms with Crippen molar-refractivity contribution in [2.75, 3.05) is 84.8 Å². The third-order valence-corrected chi connectivity index (χ3v) is 11.2. The number of imide groups is 1. The molecule has 2 unspecified atom stereocenters. The van der Waals surface area contributed by atoms with Crippen molar-refractivity contribution in [3.63, 3.8) is 0 Å². The smallest absolute Gasteiger partial charge is 0.349 e. The number of carbonyl (C=O) groups is 5. The van der Waals surface area contributed by atoms with Gasteiger partial charge < -0.3 is 44.5 Å². The lowest BCUT2D eigenvalue weighted by Gasteiger charge is -2.31. The SMILES string of the molecule is CCNc1nc(Cl)nc(NC(C)(C)C)n1.CCOC(=O)/C(Cl)=C/c1cc(N2C(=O)C3=C(CCCC3)C2=O)ccc1Cl.CCc1cccc(C)c1N(C(=O)CCl)C(C)COC.C[S+](C)C.O=C(O)CNCP(=O)([O-])O. The van der Waals surface area contributed by atoms with Crippen LogP contribution in [-0.4, -0.2) is 131 Å². The zero-order chi connectivity index (χ0) is 56.5. The van der Waals surface area contributed by atoms with Crippen LogP contribution < -0.4 is 30.6 Å². The fourth-order valence-electron chi connectivity index (χ4n) is 6.75. The molecule has 412 valence electrons. The van der Waals surface area contributed by atoms with E-state index in [1.807, 2.05) is 59.0 Å². The molecule has 25 heteroatoms. The second kappa shape index (κ2) is 33.6. The number of ether oxygens (including phenoxy) is 2. The second-order valence-corrected chi connectivity index (χ2v) is 23.1. The van der Waals surface area contributed by atoms with E-state index >= 15 is 0 Å². The summed E-state index contributed by atoms with van der Waals surface area (Å²) >= 11 is 23.7. The number of aromatic nitrogens is 3. The Labute approximate surface area is 458 Å². The van der Waals surface area contributed by atoms with E-state index in [9.17, 15) is 33.4 Å². The molecule has 74 heavy (non-hydrogen) atoms. The Balaban J connectivity index is 0.000000506. The number of esters is 1. The number of carboxylic acids is 1. The molecule has 2 aromatic carbocycles. The molecule has 1 aliphatic heterocycles. The molecule has 3 aromatic rings. The third-order valence-electron chi connectivity index (χ3n) is 9.57. The van der Waals surface area contributed by atoms with Crippen LogP contribution in [0, 0.1) is 6.92 Å². The van der Waals surface area contributed by atoms with Crippen LogP contribution in [-0.2, 0) is 55.3 Å². The van der Waals surface area contributed by atoms with Crippen molar-refractivity contribution in [1.82, 2.24) is 20.3 Å². The highest BCUT2D eigenvalue weighted by Gasteiger charge is 2.39. The molecule has 0 saturated carbocycles. The van der Waals surface area contributed by atoms with Gasteiger partial charge in [0.25, 0.3) is 11.8 Å². The number of benzene rings is 2. The van der Waals surface area contributed by atoms with Gasteiger partial charge in [0.1, 0.15) is 18.5 Å². The van der Waals surface area contributed by atoms with Crippen LogP contribution in [0.4, 0.5) is 23.3 Å². The number of hydrogen-bond donors (Lipinski definition) is 5. The zero-order valence-corrected chi connectivity index (χ0v) is 48.8. The minimum absolute atomic E-state index is 0.0223. The Morgan fingerprint density at radius 3 is 2.07 bits per heavy atom. The quantitative estimate of drug-likeness (QED) is 0.0213. The van der Waals surface area contributed by atoms with Gasteiger partial charge in [-0.3, -0.25) is 24.5 Å². The van der Waals surface area contributed by atoms with Gasteiger partial charge in [-0.1, -0.05) is 48.3 Å². The first-order chi connectivity index (χ1) is 34.5. The van der Waals surface area contributed by atoms with Crippen LogP contribution in [0.15, 0.2) is 52.6 Å². The largest absolute Gasteiger partial charge is 0.778 e. The fraction of sp³-hybridized carbons (Fsp3) is 0.510. The van der Waals surface area contributed by atoms with Crippen LogP contribution in [0.2, 0.25) is 10.3 Å². The maximum absolute atomic E-state index is 12.7. The Kier molecular flexibility index (Phi) is 30.8. The Hall–Kier alpha value is -4.34. The van der Waals surface area contributed by atoms with Crippen LogP contribution in [0.5, 0.6) is 0 Å². The molecule has 0 bridgehead atoms. The van der Waals surface area contributed by atoms with Crippen molar-refractivity contribution >= 4 is 124 Å². The molecular formula is C49H71Cl4N8O11PS. The molecule has 3 amide bonds. The minimum Gasteiger partial charge on any atom is -0.778 e. The molecule has 2 heterocycles. The molecule has 0 radical (unpaired) electrons. The normalized spacial score (nSPS) is 14.3. The van der Waals surface area contributed by atoms with Gasteiger partial charge in [0.2, 0.25) is 23.1 Å². The highest BCUT2D eigenvalue weighted by atomic mass is 35.5. The van der Waals surface area contributed by atoms with E-state index in [1.54, 1.807) is 37.1 Å². The molecule has 0 spiro atoms. The van der Waals surface area contributed by atoms with Gasteiger partial charge in [-0.2, -0.15) is 15.0 Å². The highest BCUT2D eigenvalue weighted by molar-refractivity contribution is 7.94. The zero-order valence-electron chi connectivity index (χ0n) is 44.1. The molecule has 1 aromatic heterocycles. The summed E-state index contributed by atoms with van der Waals surface area (Å²) in [5.74, 6) is -1.53. The number of aliphatic carboxylic acids is 1. The summed E-state index contributed by atoms with van der Waals surface area (Å²) in [6.07, 6.45) is 11.2.